The Bertz CT molecular complexity index is 1980. The highest BCUT2D eigenvalue weighted by Crippen LogP contribution is 2.30. The van der Waals surface area contributed by atoms with Crippen LogP contribution >= 0.6 is 0 Å². The Hall–Kier alpha value is -5.42. The zero-order valence-electron chi connectivity index (χ0n) is 25.9. The number of carbonyl (C=O) groups is 2. The molecule has 4 aromatic rings. The molecule has 0 aliphatic heterocycles. The second kappa shape index (κ2) is 14.6. The van der Waals surface area contributed by atoms with Gasteiger partial charge in [-0.15, -0.1) is 0 Å². The zero-order valence-corrected chi connectivity index (χ0v) is 27.5. The van der Waals surface area contributed by atoms with E-state index in [1.807, 2.05) is 0 Å². The number of rotatable bonds is 12. The lowest BCUT2D eigenvalue weighted by molar-refractivity contribution is 0.101. The van der Waals surface area contributed by atoms with Gasteiger partial charge in [-0.3, -0.25) is 18.7 Å². The van der Waals surface area contributed by atoms with Gasteiger partial charge in [0.25, 0.3) is 32.1 Å². The summed E-state index contributed by atoms with van der Waals surface area (Å²) in [6.07, 6.45) is 2.37. The molecule has 4 rings (SSSR count). The monoisotopic (exact) mass is 698 g/mol. The van der Waals surface area contributed by atoms with E-state index in [1.165, 1.54) is 101 Å². The Labute approximate surface area is 276 Å². The Morgan fingerprint density at radius 3 is 1.25 bits per heavy atom. The molecule has 0 heterocycles. The molecule has 48 heavy (non-hydrogen) atoms. The van der Waals surface area contributed by atoms with Gasteiger partial charge >= 0.3 is 0 Å². The Morgan fingerprint density at radius 2 is 0.938 bits per heavy atom. The van der Waals surface area contributed by atoms with Crippen molar-refractivity contribution in [2.45, 2.75) is 9.79 Å². The number of benzene rings is 4. The third-order valence-electron chi connectivity index (χ3n) is 6.85. The fourth-order valence-corrected chi connectivity index (χ4v) is 5.91. The van der Waals surface area contributed by atoms with Gasteiger partial charge < -0.3 is 29.6 Å². The fraction of sp³-hybridized carbons (Fsp3) is 0.125. The molecule has 0 aliphatic rings. The van der Waals surface area contributed by atoms with Crippen molar-refractivity contribution in [2.75, 3.05) is 39.1 Å². The van der Waals surface area contributed by atoms with Crippen LogP contribution < -0.4 is 29.6 Å². The summed E-state index contributed by atoms with van der Waals surface area (Å²) in [5.41, 5.74) is 0.0997. The van der Waals surface area contributed by atoms with Gasteiger partial charge in [-0.05, 0) is 59.7 Å². The van der Waals surface area contributed by atoms with Gasteiger partial charge in [0.1, 0.15) is 32.8 Å². The van der Waals surface area contributed by atoms with E-state index in [4.69, 9.17) is 18.9 Å². The highest BCUT2D eigenvalue weighted by molar-refractivity contribution is 7.86. The summed E-state index contributed by atoms with van der Waals surface area (Å²) >= 11 is 0. The smallest absolute Gasteiger partial charge is 0.295 e. The average Bonchev–Trinajstić information content (AvgIpc) is 3.06. The number of hydrogen-bond acceptors (Lipinski definition) is 10. The predicted octanol–water partition coefficient (Wildman–Crippen LogP) is 4.89. The van der Waals surface area contributed by atoms with E-state index in [2.05, 4.69) is 10.6 Å². The van der Waals surface area contributed by atoms with E-state index in [1.54, 1.807) is 0 Å². The standard InChI is InChI=1S/C32H30N2O12S2/c1-43-23-11-13-25(27(17-23)45-3)31(35)33-21-9-7-19(29(15-21)47(37,38)39)5-6-20-8-10-22(16-30(20)48(40,41)42)34-32(36)26-14-12-24(44-2)18-28(26)46-4/h5-18H,1-4H3,(H,33,35)(H,34,36)(H,37,38,39)(H,40,41,42)/b6-5+. The lowest BCUT2D eigenvalue weighted by atomic mass is 10.1. The molecule has 4 N–H and O–H groups in total. The van der Waals surface area contributed by atoms with Crippen molar-refractivity contribution in [3.63, 3.8) is 0 Å². The fourth-order valence-electron chi connectivity index (χ4n) is 4.50. The van der Waals surface area contributed by atoms with Crippen molar-refractivity contribution in [3.05, 3.63) is 95.1 Å². The number of carbonyl (C=O) groups excluding carboxylic acids is 2. The van der Waals surface area contributed by atoms with Crippen LogP contribution in [-0.2, 0) is 20.2 Å². The first-order chi connectivity index (χ1) is 22.7. The van der Waals surface area contributed by atoms with E-state index in [0.29, 0.717) is 11.5 Å². The van der Waals surface area contributed by atoms with Crippen LogP contribution in [-0.4, -0.2) is 66.2 Å². The normalized spacial score (nSPS) is 11.5. The topological polar surface area (TPSA) is 204 Å². The molecule has 0 radical (unpaired) electrons. The molecule has 0 aliphatic carbocycles. The summed E-state index contributed by atoms with van der Waals surface area (Å²) in [6.45, 7) is 0. The Kier molecular flexibility index (Phi) is 10.7. The molecule has 16 heteroatoms. The Morgan fingerprint density at radius 1 is 0.562 bits per heavy atom. The highest BCUT2D eigenvalue weighted by atomic mass is 32.2. The Balaban J connectivity index is 1.64. The maximum absolute atomic E-state index is 12.9. The summed E-state index contributed by atoms with van der Waals surface area (Å²) in [7, 11) is -4.09. The molecule has 2 amide bonds. The molecule has 0 atom stereocenters. The van der Waals surface area contributed by atoms with Crippen LogP contribution in [0.4, 0.5) is 11.4 Å². The van der Waals surface area contributed by atoms with Crippen molar-refractivity contribution in [2.24, 2.45) is 0 Å². The number of methoxy groups -OCH3 is 4. The molecule has 252 valence electrons. The van der Waals surface area contributed by atoms with Gasteiger partial charge in [0.2, 0.25) is 0 Å². The maximum atomic E-state index is 12.9. The maximum Gasteiger partial charge on any atom is 0.295 e. The van der Waals surface area contributed by atoms with Gasteiger partial charge in [-0.25, -0.2) is 0 Å². The van der Waals surface area contributed by atoms with Gasteiger partial charge in [0.05, 0.1) is 39.6 Å². The summed E-state index contributed by atoms with van der Waals surface area (Å²) in [5, 5.41) is 5.08. The SMILES string of the molecule is COc1ccc(C(=O)Nc2ccc(/C=C/c3ccc(NC(=O)c4ccc(OC)cc4OC)cc3S(=O)(=O)O)c(S(=O)(=O)O)c2)c(OC)c1. The number of anilines is 2. The first-order valence-electron chi connectivity index (χ1n) is 13.7. The first-order valence-corrected chi connectivity index (χ1v) is 16.5. The van der Waals surface area contributed by atoms with Gasteiger partial charge in [-0.1, -0.05) is 24.3 Å². The quantitative estimate of drug-likeness (QED) is 0.115. The minimum atomic E-state index is -4.85. The third-order valence-corrected chi connectivity index (χ3v) is 8.67. The first kappa shape index (κ1) is 35.4. The molecule has 0 bridgehead atoms. The van der Waals surface area contributed by atoms with Crippen molar-refractivity contribution >= 4 is 55.6 Å². The minimum Gasteiger partial charge on any atom is -0.497 e. The predicted molar refractivity (Wildman–Crippen MR) is 176 cm³/mol. The second-order valence-corrected chi connectivity index (χ2v) is 12.6. The molecule has 0 saturated carbocycles. The number of hydrogen-bond donors (Lipinski definition) is 4. The van der Waals surface area contributed by atoms with E-state index in [0.717, 1.165) is 12.1 Å². The molecule has 4 aromatic carbocycles. The molecule has 0 spiro atoms. The van der Waals surface area contributed by atoms with Gasteiger partial charge in [0, 0.05) is 23.5 Å². The average molecular weight is 699 g/mol. The number of ether oxygens (including phenoxy) is 4. The van der Waals surface area contributed by atoms with Crippen LogP contribution in [0.15, 0.2) is 82.6 Å². The molecule has 0 aromatic heterocycles. The van der Waals surface area contributed by atoms with Crippen LogP contribution in [0.2, 0.25) is 0 Å². The van der Waals surface area contributed by atoms with Crippen LogP contribution in [0.1, 0.15) is 31.8 Å². The molecular formula is C32H30N2O12S2. The highest BCUT2D eigenvalue weighted by Gasteiger charge is 2.20. The third kappa shape index (κ3) is 8.29. The number of nitrogens with one attached hydrogen (secondary N) is 2. The van der Waals surface area contributed by atoms with Crippen LogP contribution in [0.25, 0.3) is 12.2 Å². The van der Waals surface area contributed by atoms with Crippen LogP contribution in [0, 0.1) is 0 Å². The van der Waals surface area contributed by atoms with Crippen molar-refractivity contribution in [1.29, 1.82) is 0 Å². The number of amides is 2. The van der Waals surface area contributed by atoms with Gasteiger partial charge in [0.15, 0.2) is 0 Å². The van der Waals surface area contributed by atoms with Gasteiger partial charge in [-0.2, -0.15) is 16.8 Å². The van der Waals surface area contributed by atoms with Crippen LogP contribution in [0.5, 0.6) is 23.0 Å². The molecule has 0 unspecified atom stereocenters. The van der Waals surface area contributed by atoms with Crippen molar-refractivity contribution in [3.8, 4) is 23.0 Å². The lowest BCUT2D eigenvalue weighted by Crippen LogP contribution is -2.14. The molecular weight excluding hydrogens is 668 g/mol. The minimum absolute atomic E-state index is 0.00913. The van der Waals surface area contributed by atoms with E-state index >= 15 is 0 Å². The molecule has 14 nitrogen and oxygen atoms in total. The summed E-state index contributed by atoms with van der Waals surface area (Å²) < 4.78 is 89.8. The van der Waals surface area contributed by atoms with Crippen molar-refractivity contribution in [1.82, 2.24) is 0 Å². The van der Waals surface area contributed by atoms with E-state index < -0.39 is 41.8 Å². The van der Waals surface area contributed by atoms with E-state index in [-0.39, 0.29) is 45.1 Å². The summed E-state index contributed by atoms with van der Waals surface area (Å²) in [5.74, 6) is -0.00823. The van der Waals surface area contributed by atoms with Crippen LogP contribution in [0.3, 0.4) is 0 Å². The molecule has 0 saturated heterocycles. The van der Waals surface area contributed by atoms with Crippen molar-refractivity contribution < 1.29 is 54.5 Å². The molecule has 0 fully saturated rings. The largest absolute Gasteiger partial charge is 0.497 e. The second-order valence-electron chi connectivity index (χ2n) is 9.83. The van der Waals surface area contributed by atoms with E-state index in [9.17, 15) is 35.5 Å². The summed E-state index contributed by atoms with van der Waals surface area (Å²) in [4.78, 5) is 24.7. The zero-order chi connectivity index (χ0) is 35.2. The summed E-state index contributed by atoms with van der Waals surface area (Å²) in [6, 6.07) is 16.2. The lowest BCUT2D eigenvalue weighted by Gasteiger charge is -2.13.